The molecule has 0 saturated heterocycles. The molecule has 0 aromatic heterocycles. The van der Waals surface area contributed by atoms with Crippen LogP contribution < -0.4 is 0 Å². The summed E-state index contributed by atoms with van der Waals surface area (Å²) in [7, 11) is 0. The fraction of sp³-hybridized carbons (Fsp3) is 0.286. The van der Waals surface area contributed by atoms with E-state index < -0.39 is 4.92 Å². The highest BCUT2D eigenvalue weighted by Gasteiger charge is 2.12. The van der Waals surface area contributed by atoms with E-state index >= 15 is 0 Å². The Morgan fingerprint density at radius 2 is 1.11 bits per heavy atom. The van der Waals surface area contributed by atoms with Gasteiger partial charge in [0.15, 0.2) is 0 Å². The van der Waals surface area contributed by atoms with E-state index in [9.17, 15) is 30.3 Å². The Bertz CT molecular complexity index is 1870. The molecule has 11 heteroatoms. The third-order valence-electron chi connectivity index (χ3n) is 7.96. The van der Waals surface area contributed by atoms with Gasteiger partial charge in [-0.15, -0.1) is 0 Å². The molecule has 0 spiro atoms. The van der Waals surface area contributed by atoms with Crippen LogP contribution in [0.1, 0.15) is 72.1 Å². The quantitative estimate of drug-likeness (QED) is 0.114. The molecule has 1 unspecified atom stereocenters. The molecule has 5 aromatic rings. The molecule has 282 valence electrons. The van der Waals surface area contributed by atoms with Crippen molar-refractivity contribution in [1.82, 2.24) is 0 Å². The minimum absolute atomic E-state index is 0.0671. The van der Waals surface area contributed by atoms with Crippen LogP contribution in [0.3, 0.4) is 0 Å². The summed E-state index contributed by atoms with van der Waals surface area (Å²) < 4.78 is 5.22. The van der Waals surface area contributed by atoms with Crippen molar-refractivity contribution in [1.29, 1.82) is 0 Å². The van der Waals surface area contributed by atoms with Crippen LogP contribution in [-0.4, -0.2) is 21.4 Å². The number of nitrogens with zero attached hydrogens (tertiary/aromatic N) is 3. The van der Waals surface area contributed by atoms with E-state index in [1.807, 2.05) is 45.0 Å². The predicted octanol–water partition coefficient (Wildman–Crippen LogP) is 12.4. The third-order valence-corrected chi connectivity index (χ3v) is 8.19. The first-order valence-electron chi connectivity index (χ1n) is 17.1. The van der Waals surface area contributed by atoms with Crippen molar-refractivity contribution >= 4 is 28.7 Å². The molecule has 0 aliphatic rings. The van der Waals surface area contributed by atoms with Crippen LogP contribution in [0.15, 0.2) is 115 Å². The molecule has 0 radical (unpaired) electrons. The van der Waals surface area contributed by atoms with Gasteiger partial charge in [-0.2, -0.15) is 0 Å². The summed E-state index contributed by atoms with van der Waals surface area (Å²) in [6.07, 6.45) is 1.23. The SMILES string of the molecule is CCC(C)c1ccccc1.CCOCc1ccccc1.Cc1cc(C)c(C)c([N+](=O)[O-])c1.Cc1ccc(Cl)cc1[N+](=O)[O-].Cc1ccccc1[N+](=O)[O-]. The van der Waals surface area contributed by atoms with E-state index in [-0.39, 0.29) is 26.9 Å². The molecule has 0 fully saturated rings. The summed E-state index contributed by atoms with van der Waals surface area (Å²) >= 11 is 5.56. The van der Waals surface area contributed by atoms with Crippen molar-refractivity contribution in [2.75, 3.05) is 6.61 Å². The minimum atomic E-state index is -0.443. The van der Waals surface area contributed by atoms with E-state index in [2.05, 4.69) is 56.3 Å². The largest absolute Gasteiger partial charge is 0.377 e. The Kier molecular flexibility index (Phi) is 21.2. The summed E-state index contributed by atoms with van der Waals surface area (Å²) in [5.74, 6) is 0.709. The number of hydrogen-bond acceptors (Lipinski definition) is 7. The normalized spacial score (nSPS) is 10.3. The molecule has 0 bridgehead atoms. The fourth-order valence-corrected chi connectivity index (χ4v) is 4.73. The number of benzene rings is 5. The molecule has 0 heterocycles. The number of nitro groups is 3. The number of ether oxygens (including phenoxy) is 1. The lowest BCUT2D eigenvalue weighted by Gasteiger charge is -2.06. The van der Waals surface area contributed by atoms with E-state index in [1.54, 1.807) is 57.2 Å². The van der Waals surface area contributed by atoms with E-state index in [0.29, 0.717) is 22.1 Å². The summed E-state index contributed by atoms with van der Waals surface area (Å²) in [4.78, 5) is 29.9. The Morgan fingerprint density at radius 1 is 0.604 bits per heavy atom. The number of nitro benzene ring substituents is 3. The molecule has 0 aliphatic heterocycles. The smallest absolute Gasteiger partial charge is 0.273 e. The first-order valence-corrected chi connectivity index (χ1v) is 17.5. The van der Waals surface area contributed by atoms with Crippen LogP contribution in [0, 0.1) is 65.0 Å². The van der Waals surface area contributed by atoms with Crippen molar-refractivity contribution in [2.24, 2.45) is 0 Å². The first kappa shape index (κ1) is 45.6. The molecule has 0 N–H and O–H groups in total. The second-order valence-electron chi connectivity index (χ2n) is 12.1. The van der Waals surface area contributed by atoms with Gasteiger partial charge in [0, 0.05) is 46.5 Å². The van der Waals surface area contributed by atoms with Crippen molar-refractivity contribution in [3.63, 3.8) is 0 Å². The summed E-state index contributed by atoms with van der Waals surface area (Å²) in [5, 5.41) is 31.5. The fourth-order valence-electron chi connectivity index (χ4n) is 4.57. The van der Waals surface area contributed by atoms with Crippen LogP contribution in [0.4, 0.5) is 17.1 Å². The Morgan fingerprint density at radius 3 is 1.58 bits per heavy atom. The van der Waals surface area contributed by atoms with Gasteiger partial charge < -0.3 is 4.74 Å². The molecule has 10 nitrogen and oxygen atoms in total. The summed E-state index contributed by atoms with van der Waals surface area (Å²) in [6.45, 7) is 16.9. The van der Waals surface area contributed by atoms with Crippen LogP contribution in [0.2, 0.25) is 5.02 Å². The Hall–Kier alpha value is -5.45. The summed E-state index contributed by atoms with van der Waals surface area (Å²) in [5.41, 5.74) is 7.14. The lowest BCUT2D eigenvalue weighted by atomic mass is 9.99. The molecule has 5 rings (SSSR count). The number of halogens is 1. The number of para-hydroxylation sites is 1. The molecular formula is C42H50ClN3O7. The van der Waals surface area contributed by atoms with Crippen LogP contribution in [0.25, 0.3) is 0 Å². The Labute approximate surface area is 317 Å². The van der Waals surface area contributed by atoms with Gasteiger partial charge in [0.05, 0.1) is 21.4 Å². The molecule has 1 atom stereocenters. The van der Waals surface area contributed by atoms with Gasteiger partial charge in [0.1, 0.15) is 0 Å². The topological polar surface area (TPSA) is 139 Å². The average molecular weight is 744 g/mol. The van der Waals surface area contributed by atoms with Gasteiger partial charge in [-0.3, -0.25) is 30.3 Å². The van der Waals surface area contributed by atoms with Gasteiger partial charge in [0.25, 0.3) is 17.1 Å². The molecule has 0 aliphatic carbocycles. The zero-order valence-electron chi connectivity index (χ0n) is 31.7. The van der Waals surface area contributed by atoms with Crippen LogP contribution in [-0.2, 0) is 11.3 Å². The lowest BCUT2D eigenvalue weighted by molar-refractivity contribution is -0.385. The number of aryl methyl sites for hydroxylation is 4. The zero-order valence-corrected chi connectivity index (χ0v) is 32.5. The average Bonchev–Trinajstić information content (AvgIpc) is 3.14. The molecule has 53 heavy (non-hydrogen) atoms. The number of rotatable bonds is 8. The van der Waals surface area contributed by atoms with Crippen molar-refractivity contribution in [2.45, 2.75) is 74.3 Å². The van der Waals surface area contributed by atoms with E-state index in [0.717, 1.165) is 29.9 Å². The van der Waals surface area contributed by atoms with Crippen LogP contribution >= 0.6 is 11.6 Å². The molecular weight excluding hydrogens is 694 g/mol. The van der Waals surface area contributed by atoms with Gasteiger partial charge in [-0.1, -0.05) is 116 Å². The molecule has 0 amide bonds. The van der Waals surface area contributed by atoms with Crippen molar-refractivity contribution < 1.29 is 19.5 Å². The van der Waals surface area contributed by atoms with Gasteiger partial charge >= 0.3 is 0 Å². The molecule has 0 saturated carbocycles. The minimum Gasteiger partial charge on any atom is -0.377 e. The third kappa shape index (κ3) is 17.6. The monoisotopic (exact) mass is 743 g/mol. The van der Waals surface area contributed by atoms with Crippen LogP contribution in [0.5, 0.6) is 0 Å². The highest BCUT2D eigenvalue weighted by molar-refractivity contribution is 6.30. The van der Waals surface area contributed by atoms with Crippen molar-refractivity contribution in [3.8, 4) is 0 Å². The predicted molar refractivity (Wildman–Crippen MR) is 215 cm³/mol. The highest BCUT2D eigenvalue weighted by Crippen LogP contribution is 2.23. The van der Waals surface area contributed by atoms with E-state index in [1.165, 1.54) is 29.7 Å². The Balaban J connectivity index is 0.000000332. The van der Waals surface area contributed by atoms with Gasteiger partial charge in [0.2, 0.25) is 0 Å². The summed E-state index contributed by atoms with van der Waals surface area (Å²) in [6, 6.07) is 35.6. The maximum Gasteiger partial charge on any atom is 0.273 e. The standard InChI is InChI=1S/C10H14.C9H11NO2.C9H12O.C7H6ClNO2.C7H7NO2/c1-3-9(2)10-7-5-4-6-8-10;1-6-4-7(2)8(3)9(5-6)10(11)12;1-2-10-8-9-6-4-3-5-7-9;1-5-2-3-6(8)4-7(5)9(10)11;1-6-4-2-3-5-7(6)8(9)10/h4-9H,3H2,1-2H3;4-5H,1-3H3;3-7H,2,8H2,1H3;2-4H,1H3;2-5H,1H3. The van der Waals surface area contributed by atoms with Gasteiger partial charge in [-0.25, -0.2) is 0 Å². The first-order chi connectivity index (χ1) is 25.1. The maximum absolute atomic E-state index is 10.5. The second-order valence-corrected chi connectivity index (χ2v) is 12.5. The second kappa shape index (κ2) is 24.7. The maximum atomic E-state index is 10.5. The molecule has 5 aromatic carbocycles. The lowest BCUT2D eigenvalue weighted by Crippen LogP contribution is -1.94. The highest BCUT2D eigenvalue weighted by atomic mass is 35.5. The van der Waals surface area contributed by atoms with Gasteiger partial charge in [-0.05, 0) is 82.2 Å². The van der Waals surface area contributed by atoms with E-state index in [4.69, 9.17) is 16.3 Å². The van der Waals surface area contributed by atoms with Crippen molar-refractivity contribution in [3.05, 3.63) is 190 Å². The zero-order chi connectivity index (χ0) is 39.9. The number of hydrogen-bond donors (Lipinski definition) is 0.